The zero-order valence-electron chi connectivity index (χ0n) is 7.87. The SMILES string of the molecule is [2H]C(CN)OP(=O)(O)OC[C@H](O)CO. The third kappa shape index (κ3) is 7.09. The molecule has 8 heteroatoms. The lowest BCUT2D eigenvalue weighted by atomic mass is 10.4. The van der Waals surface area contributed by atoms with Crippen molar-refractivity contribution in [1.82, 2.24) is 0 Å². The second kappa shape index (κ2) is 6.44. The summed E-state index contributed by atoms with van der Waals surface area (Å²) >= 11 is 0. The zero-order chi connectivity index (χ0) is 11.2. The first-order valence-electron chi connectivity index (χ1n) is 4.06. The molecule has 13 heavy (non-hydrogen) atoms. The lowest BCUT2D eigenvalue weighted by Gasteiger charge is -2.13. The number of rotatable bonds is 7. The maximum atomic E-state index is 10.9. The van der Waals surface area contributed by atoms with Crippen molar-refractivity contribution in [3.8, 4) is 0 Å². The zero-order valence-corrected chi connectivity index (χ0v) is 7.76. The molecule has 0 aliphatic heterocycles. The van der Waals surface area contributed by atoms with Crippen LogP contribution in [0, 0.1) is 0 Å². The van der Waals surface area contributed by atoms with Crippen LogP contribution in [0.2, 0.25) is 0 Å². The van der Waals surface area contributed by atoms with Crippen molar-refractivity contribution in [3.05, 3.63) is 0 Å². The van der Waals surface area contributed by atoms with Crippen molar-refractivity contribution in [2.45, 2.75) is 6.10 Å². The second-order valence-electron chi connectivity index (χ2n) is 2.11. The van der Waals surface area contributed by atoms with Gasteiger partial charge < -0.3 is 20.8 Å². The smallest absolute Gasteiger partial charge is 0.394 e. The van der Waals surface area contributed by atoms with Gasteiger partial charge in [-0.15, -0.1) is 0 Å². The highest BCUT2D eigenvalue weighted by molar-refractivity contribution is 7.47. The van der Waals surface area contributed by atoms with E-state index in [0.29, 0.717) is 0 Å². The molecule has 0 heterocycles. The third-order valence-corrected chi connectivity index (χ3v) is 1.84. The van der Waals surface area contributed by atoms with Gasteiger partial charge in [0.25, 0.3) is 0 Å². The highest BCUT2D eigenvalue weighted by Gasteiger charge is 2.21. The maximum Gasteiger partial charge on any atom is 0.472 e. The minimum Gasteiger partial charge on any atom is -0.394 e. The van der Waals surface area contributed by atoms with Gasteiger partial charge in [0.1, 0.15) is 6.10 Å². The van der Waals surface area contributed by atoms with E-state index >= 15 is 0 Å². The van der Waals surface area contributed by atoms with E-state index < -0.39 is 33.7 Å². The largest absolute Gasteiger partial charge is 0.472 e. The molecule has 0 spiro atoms. The number of phosphoric ester groups is 1. The standard InChI is InChI=1S/C5H14NO6P/c6-1-2-11-13(9,10)12-4-5(8)3-7/h5,7-8H,1-4,6H2,(H,9,10)/t5-/m1/s1/i2D/t2?,5-. The molecule has 0 rings (SSSR count). The molecule has 0 amide bonds. The molecule has 0 fully saturated rings. The summed E-state index contributed by atoms with van der Waals surface area (Å²) < 4.78 is 26.4. The Morgan fingerprint density at radius 1 is 1.62 bits per heavy atom. The molecule has 0 bridgehead atoms. The summed E-state index contributed by atoms with van der Waals surface area (Å²) in [6.07, 6.45) is -1.26. The lowest BCUT2D eigenvalue weighted by Crippen LogP contribution is -2.19. The van der Waals surface area contributed by atoms with E-state index in [1.807, 2.05) is 0 Å². The van der Waals surface area contributed by atoms with E-state index in [2.05, 4.69) is 9.05 Å². The predicted molar refractivity (Wildman–Crippen MR) is 43.9 cm³/mol. The predicted octanol–water partition coefficient (Wildman–Crippen LogP) is -1.57. The van der Waals surface area contributed by atoms with Gasteiger partial charge in [0.2, 0.25) is 0 Å². The minimum atomic E-state index is -4.37. The van der Waals surface area contributed by atoms with Crippen LogP contribution in [0.3, 0.4) is 0 Å². The van der Waals surface area contributed by atoms with Gasteiger partial charge in [0, 0.05) is 6.54 Å². The number of hydrogen-bond acceptors (Lipinski definition) is 6. The van der Waals surface area contributed by atoms with Crippen LogP contribution < -0.4 is 5.73 Å². The number of phosphoric acid groups is 1. The average molecular weight is 216 g/mol. The summed E-state index contributed by atoms with van der Waals surface area (Å²) in [7, 11) is -4.37. The van der Waals surface area contributed by atoms with Gasteiger partial charge in [-0.2, -0.15) is 0 Å². The molecule has 2 unspecified atom stereocenters. The van der Waals surface area contributed by atoms with E-state index in [1.54, 1.807) is 0 Å². The summed E-state index contributed by atoms with van der Waals surface area (Å²) in [5, 5.41) is 17.1. The molecule has 80 valence electrons. The molecular weight excluding hydrogens is 201 g/mol. The highest BCUT2D eigenvalue weighted by Crippen LogP contribution is 2.42. The molecule has 0 aliphatic rings. The molecule has 0 radical (unpaired) electrons. The van der Waals surface area contributed by atoms with Crippen molar-refractivity contribution in [1.29, 1.82) is 0 Å². The van der Waals surface area contributed by atoms with E-state index in [1.165, 1.54) is 0 Å². The molecule has 7 nitrogen and oxygen atoms in total. The van der Waals surface area contributed by atoms with E-state index in [4.69, 9.17) is 22.2 Å². The Labute approximate surface area is 77.1 Å². The van der Waals surface area contributed by atoms with Crippen LogP contribution in [0.15, 0.2) is 0 Å². The average Bonchev–Trinajstić information content (AvgIpc) is 2.13. The highest BCUT2D eigenvalue weighted by atomic mass is 31.2. The summed E-state index contributed by atoms with van der Waals surface area (Å²) in [5.41, 5.74) is 4.97. The van der Waals surface area contributed by atoms with Gasteiger partial charge in [0.15, 0.2) is 0 Å². The van der Waals surface area contributed by atoms with Gasteiger partial charge in [0.05, 0.1) is 21.2 Å². The van der Waals surface area contributed by atoms with E-state index in [0.717, 1.165) is 0 Å². The van der Waals surface area contributed by atoms with Crippen LogP contribution in [0.25, 0.3) is 0 Å². The topological polar surface area (TPSA) is 122 Å². The summed E-state index contributed by atoms with van der Waals surface area (Å²) in [5.74, 6) is 0. The van der Waals surface area contributed by atoms with Crippen LogP contribution >= 0.6 is 7.82 Å². The van der Waals surface area contributed by atoms with Gasteiger partial charge in [-0.25, -0.2) is 4.57 Å². The number of aliphatic hydroxyl groups excluding tert-OH is 2. The Morgan fingerprint density at radius 3 is 2.69 bits per heavy atom. The van der Waals surface area contributed by atoms with Crippen molar-refractivity contribution >= 4 is 7.82 Å². The Hall–Kier alpha value is -0.0100. The van der Waals surface area contributed by atoms with Crippen molar-refractivity contribution in [2.75, 3.05) is 26.3 Å². The Balaban J connectivity index is 3.89. The fraction of sp³-hybridized carbons (Fsp3) is 1.00. The van der Waals surface area contributed by atoms with Crippen molar-refractivity contribution in [2.24, 2.45) is 5.73 Å². The molecule has 0 saturated carbocycles. The molecule has 0 aromatic carbocycles. The van der Waals surface area contributed by atoms with Gasteiger partial charge in [-0.1, -0.05) is 0 Å². The summed E-state index contributed by atoms with van der Waals surface area (Å²) in [6, 6.07) is 0. The van der Waals surface area contributed by atoms with E-state index in [-0.39, 0.29) is 6.54 Å². The molecule has 0 aromatic heterocycles. The Kier molecular flexibility index (Phi) is 5.49. The molecule has 5 N–H and O–H groups in total. The summed E-state index contributed by atoms with van der Waals surface area (Å²) in [6.45, 7) is -2.77. The number of nitrogens with two attached hydrogens (primary N) is 1. The Morgan fingerprint density at radius 2 is 2.23 bits per heavy atom. The minimum absolute atomic E-state index is 0.254. The van der Waals surface area contributed by atoms with Crippen LogP contribution in [-0.2, 0) is 13.6 Å². The molecule has 3 atom stereocenters. The first kappa shape index (κ1) is 11.1. The normalized spacial score (nSPS) is 21.7. The van der Waals surface area contributed by atoms with Crippen LogP contribution in [0.1, 0.15) is 1.37 Å². The quantitative estimate of drug-likeness (QED) is 0.379. The van der Waals surface area contributed by atoms with Gasteiger partial charge in [-0.3, -0.25) is 9.05 Å². The van der Waals surface area contributed by atoms with Crippen molar-refractivity contribution in [3.63, 3.8) is 0 Å². The van der Waals surface area contributed by atoms with Crippen molar-refractivity contribution < 1.29 is 30.1 Å². The first-order chi connectivity index (χ1) is 6.41. The molecule has 0 aliphatic carbocycles. The fourth-order valence-electron chi connectivity index (χ4n) is 0.401. The van der Waals surface area contributed by atoms with E-state index in [9.17, 15) is 4.57 Å². The number of hydrogen-bond donors (Lipinski definition) is 4. The molecular formula is C5H14NO6P. The third-order valence-electron chi connectivity index (χ3n) is 0.945. The molecule has 0 saturated heterocycles. The van der Waals surface area contributed by atoms with Crippen LogP contribution in [0.5, 0.6) is 0 Å². The fourth-order valence-corrected chi connectivity index (χ4v) is 1.10. The summed E-state index contributed by atoms with van der Waals surface area (Å²) in [4.78, 5) is 8.90. The van der Waals surface area contributed by atoms with Gasteiger partial charge in [-0.05, 0) is 0 Å². The van der Waals surface area contributed by atoms with Crippen LogP contribution in [0.4, 0.5) is 0 Å². The monoisotopic (exact) mass is 216 g/mol. The lowest BCUT2D eigenvalue weighted by molar-refractivity contribution is 0.0367. The van der Waals surface area contributed by atoms with Crippen LogP contribution in [-0.4, -0.2) is 47.6 Å². The molecule has 0 aromatic rings. The number of aliphatic hydroxyl groups is 2. The second-order valence-corrected chi connectivity index (χ2v) is 3.51. The van der Waals surface area contributed by atoms with Gasteiger partial charge >= 0.3 is 7.82 Å². The maximum absolute atomic E-state index is 10.9. The Bertz CT molecular complexity index is 205. The first-order valence-corrected chi connectivity index (χ1v) is 4.97.